The average Bonchev–Trinajstić information content (AvgIpc) is 2.87. The average molecular weight is 254 g/mol. The summed E-state index contributed by atoms with van der Waals surface area (Å²) in [6, 6.07) is 0.0172. The SMILES string of the molecule is NC1(CC(=O)N[C@H]2CC[C@@H](C(=O)O)C2)CCCC1. The van der Waals surface area contributed by atoms with Crippen LogP contribution in [0.15, 0.2) is 0 Å². The molecule has 5 heteroatoms. The molecule has 1 amide bonds. The highest BCUT2D eigenvalue weighted by molar-refractivity contribution is 5.78. The molecule has 0 aromatic carbocycles. The smallest absolute Gasteiger partial charge is 0.306 e. The third-order valence-corrected chi connectivity index (χ3v) is 4.26. The van der Waals surface area contributed by atoms with Gasteiger partial charge in [0.15, 0.2) is 0 Å². The summed E-state index contributed by atoms with van der Waals surface area (Å²) in [5.74, 6) is -1.07. The number of nitrogens with two attached hydrogens (primary N) is 1. The van der Waals surface area contributed by atoms with E-state index in [0.29, 0.717) is 19.3 Å². The van der Waals surface area contributed by atoms with Crippen molar-refractivity contribution in [3.8, 4) is 0 Å². The molecule has 0 bridgehead atoms. The summed E-state index contributed by atoms with van der Waals surface area (Å²) in [4.78, 5) is 22.7. The summed E-state index contributed by atoms with van der Waals surface area (Å²) in [7, 11) is 0. The summed E-state index contributed by atoms with van der Waals surface area (Å²) < 4.78 is 0. The molecule has 2 rings (SSSR count). The van der Waals surface area contributed by atoms with E-state index >= 15 is 0 Å². The number of aliphatic carboxylic acids is 1. The van der Waals surface area contributed by atoms with Gasteiger partial charge in [-0.2, -0.15) is 0 Å². The molecule has 2 aliphatic rings. The number of nitrogens with one attached hydrogen (secondary N) is 1. The molecule has 5 nitrogen and oxygen atoms in total. The van der Waals surface area contributed by atoms with E-state index in [9.17, 15) is 9.59 Å². The number of hydrogen-bond donors (Lipinski definition) is 3. The minimum absolute atomic E-state index is 0.0172. The lowest BCUT2D eigenvalue weighted by Gasteiger charge is -2.23. The van der Waals surface area contributed by atoms with Gasteiger partial charge in [0.2, 0.25) is 5.91 Å². The molecule has 0 aliphatic heterocycles. The Balaban J connectivity index is 1.76. The minimum atomic E-state index is -0.752. The fraction of sp³-hybridized carbons (Fsp3) is 0.846. The van der Waals surface area contributed by atoms with Crippen molar-refractivity contribution in [2.75, 3.05) is 0 Å². The Morgan fingerprint density at radius 3 is 2.50 bits per heavy atom. The maximum atomic E-state index is 11.9. The number of carbonyl (C=O) groups excluding carboxylic acids is 1. The Morgan fingerprint density at radius 1 is 1.28 bits per heavy atom. The van der Waals surface area contributed by atoms with Gasteiger partial charge in [-0.15, -0.1) is 0 Å². The first-order valence-electron chi connectivity index (χ1n) is 6.80. The van der Waals surface area contributed by atoms with Gasteiger partial charge in [0.1, 0.15) is 0 Å². The molecule has 0 saturated heterocycles. The first-order chi connectivity index (χ1) is 8.48. The third-order valence-electron chi connectivity index (χ3n) is 4.26. The predicted octanol–water partition coefficient (Wildman–Crippen LogP) is 1.02. The lowest BCUT2D eigenvalue weighted by molar-refractivity contribution is -0.141. The third kappa shape index (κ3) is 3.22. The summed E-state index contributed by atoms with van der Waals surface area (Å²) in [5, 5.41) is 11.8. The van der Waals surface area contributed by atoms with Crippen molar-refractivity contribution in [2.24, 2.45) is 11.7 Å². The molecule has 2 aliphatic carbocycles. The molecule has 0 spiro atoms. The van der Waals surface area contributed by atoms with Crippen molar-refractivity contribution >= 4 is 11.9 Å². The molecule has 2 fully saturated rings. The van der Waals surface area contributed by atoms with Gasteiger partial charge >= 0.3 is 5.97 Å². The van der Waals surface area contributed by atoms with Crippen LogP contribution in [0.2, 0.25) is 0 Å². The van der Waals surface area contributed by atoms with Crippen LogP contribution in [0, 0.1) is 5.92 Å². The van der Waals surface area contributed by atoms with Gasteiger partial charge in [0.25, 0.3) is 0 Å². The fourth-order valence-electron chi connectivity index (χ4n) is 3.19. The van der Waals surface area contributed by atoms with Crippen molar-refractivity contribution in [1.29, 1.82) is 0 Å². The van der Waals surface area contributed by atoms with Crippen LogP contribution in [0.3, 0.4) is 0 Å². The predicted molar refractivity (Wildman–Crippen MR) is 66.9 cm³/mol. The van der Waals surface area contributed by atoms with Gasteiger partial charge in [0, 0.05) is 18.0 Å². The first kappa shape index (κ1) is 13.3. The molecule has 2 saturated carbocycles. The highest BCUT2D eigenvalue weighted by atomic mass is 16.4. The van der Waals surface area contributed by atoms with Gasteiger partial charge in [-0.25, -0.2) is 0 Å². The zero-order valence-corrected chi connectivity index (χ0v) is 10.7. The van der Waals surface area contributed by atoms with Crippen LogP contribution >= 0.6 is 0 Å². The molecule has 0 radical (unpaired) electrons. The van der Waals surface area contributed by atoms with E-state index in [-0.39, 0.29) is 23.4 Å². The Hall–Kier alpha value is -1.10. The molecule has 2 atom stereocenters. The summed E-state index contributed by atoms with van der Waals surface area (Å²) in [5.41, 5.74) is 5.83. The monoisotopic (exact) mass is 254 g/mol. The highest BCUT2D eigenvalue weighted by Gasteiger charge is 2.34. The second-order valence-corrected chi connectivity index (χ2v) is 5.86. The first-order valence-corrected chi connectivity index (χ1v) is 6.80. The van der Waals surface area contributed by atoms with Gasteiger partial charge in [-0.05, 0) is 32.1 Å². The number of amides is 1. The van der Waals surface area contributed by atoms with Crippen molar-refractivity contribution in [1.82, 2.24) is 5.32 Å². The number of hydrogen-bond acceptors (Lipinski definition) is 3. The Morgan fingerprint density at radius 2 is 1.94 bits per heavy atom. The normalized spacial score (nSPS) is 30.3. The summed E-state index contributed by atoms with van der Waals surface area (Å²) >= 11 is 0. The van der Waals surface area contributed by atoms with Crippen LogP contribution in [-0.4, -0.2) is 28.6 Å². The molecular weight excluding hydrogens is 232 g/mol. The lowest BCUT2D eigenvalue weighted by Crippen LogP contribution is -2.44. The Kier molecular flexibility index (Phi) is 3.90. The van der Waals surface area contributed by atoms with Gasteiger partial charge in [-0.3, -0.25) is 9.59 Å². The molecular formula is C13H22N2O3. The molecule has 0 unspecified atom stereocenters. The van der Waals surface area contributed by atoms with E-state index in [1.54, 1.807) is 0 Å². The largest absolute Gasteiger partial charge is 0.481 e. The highest BCUT2D eigenvalue weighted by Crippen LogP contribution is 2.30. The Labute approximate surface area is 107 Å². The minimum Gasteiger partial charge on any atom is -0.481 e. The topological polar surface area (TPSA) is 92.4 Å². The lowest BCUT2D eigenvalue weighted by atomic mass is 9.94. The number of carbonyl (C=O) groups is 2. The molecule has 0 heterocycles. The van der Waals surface area contributed by atoms with Crippen molar-refractivity contribution in [3.05, 3.63) is 0 Å². The molecule has 0 aromatic heterocycles. The van der Waals surface area contributed by atoms with Crippen LogP contribution in [0.25, 0.3) is 0 Å². The van der Waals surface area contributed by atoms with Crippen LogP contribution in [-0.2, 0) is 9.59 Å². The zero-order valence-electron chi connectivity index (χ0n) is 10.7. The number of rotatable bonds is 4. The molecule has 0 aromatic rings. The fourth-order valence-corrected chi connectivity index (χ4v) is 3.19. The molecule has 102 valence electrons. The van der Waals surface area contributed by atoms with Gasteiger partial charge in [0.05, 0.1) is 5.92 Å². The molecule has 4 N–H and O–H groups in total. The number of carboxylic acid groups (broad SMARTS) is 1. The van der Waals surface area contributed by atoms with Crippen molar-refractivity contribution in [2.45, 2.75) is 62.9 Å². The zero-order chi connectivity index (χ0) is 13.2. The van der Waals surface area contributed by atoms with Gasteiger partial charge in [-0.1, -0.05) is 12.8 Å². The maximum absolute atomic E-state index is 11.9. The van der Waals surface area contributed by atoms with E-state index in [4.69, 9.17) is 10.8 Å². The van der Waals surface area contributed by atoms with E-state index in [0.717, 1.165) is 32.1 Å². The van der Waals surface area contributed by atoms with Crippen molar-refractivity contribution < 1.29 is 14.7 Å². The van der Waals surface area contributed by atoms with E-state index < -0.39 is 5.97 Å². The second-order valence-electron chi connectivity index (χ2n) is 5.86. The molecule has 18 heavy (non-hydrogen) atoms. The van der Waals surface area contributed by atoms with Crippen LogP contribution in [0.5, 0.6) is 0 Å². The summed E-state index contributed by atoms with van der Waals surface area (Å²) in [6.45, 7) is 0. The van der Waals surface area contributed by atoms with Crippen LogP contribution < -0.4 is 11.1 Å². The van der Waals surface area contributed by atoms with Crippen LogP contribution in [0.4, 0.5) is 0 Å². The van der Waals surface area contributed by atoms with Gasteiger partial charge < -0.3 is 16.2 Å². The maximum Gasteiger partial charge on any atom is 0.306 e. The van der Waals surface area contributed by atoms with E-state index in [1.807, 2.05) is 0 Å². The standard InChI is InChI=1S/C13H22N2O3/c14-13(5-1-2-6-13)8-11(16)15-10-4-3-9(7-10)12(17)18/h9-10H,1-8,14H2,(H,15,16)(H,17,18)/t9-,10+/m1/s1. The van der Waals surface area contributed by atoms with E-state index in [1.165, 1.54) is 0 Å². The van der Waals surface area contributed by atoms with E-state index in [2.05, 4.69) is 5.32 Å². The summed E-state index contributed by atoms with van der Waals surface area (Å²) in [6.07, 6.45) is 6.41. The van der Waals surface area contributed by atoms with Crippen molar-refractivity contribution in [3.63, 3.8) is 0 Å². The van der Waals surface area contributed by atoms with Crippen LogP contribution in [0.1, 0.15) is 51.4 Å². The quantitative estimate of drug-likeness (QED) is 0.698. The number of carboxylic acids is 1. The Bertz CT molecular complexity index is 337. The second kappa shape index (κ2) is 5.26.